The largest absolute Gasteiger partial charge is 0.480 e. The zero-order valence-electron chi connectivity index (χ0n) is 5.76. The molecular weight excluding hydrogens is 130 g/mol. The lowest BCUT2D eigenvalue weighted by molar-refractivity contribution is -0.139. The molecule has 0 spiro atoms. The average Bonchev–Trinajstić information content (AvgIpc) is 1.88. The van der Waals surface area contributed by atoms with Gasteiger partial charge in [-0.2, -0.15) is 0 Å². The molecule has 0 aromatic rings. The Morgan fingerprint density at radius 1 is 1.80 bits per heavy atom. The molecule has 56 valence electrons. The molecule has 2 N–H and O–H groups in total. The molecule has 0 unspecified atom stereocenters. The van der Waals surface area contributed by atoms with E-state index in [1.54, 1.807) is 0 Å². The van der Waals surface area contributed by atoms with Gasteiger partial charge >= 0.3 is 5.97 Å². The number of rotatable bonds is 1. The van der Waals surface area contributed by atoms with Crippen LogP contribution in [0.2, 0.25) is 0 Å². The van der Waals surface area contributed by atoms with E-state index in [9.17, 15) is 4.79 Å². The number of carboxylic acids is 1. The Labute approximate surface area is 59.7 Å². The molecule has 3 nitrogen and oxygen atoms in total. The van der Waals surface area contributed by atoms with Gasteiger partial charge in [0.1, 0.15) is 6.04 Å². The molecule has 3 heteroatoms. The van der Waals surface area contributed by atoms with Crippen LogP contribution >= 0.6 is 0 Å². The smallest absolute Gasteiger partial charge is 0.320 e. The summed E-state index contributed by atoms with van der Waals surface area (Å²) >= 11 is 0. The summed E-state index contributed by atoms with van der Waals surface area (Å²) in [6, 6.07) is -0.356. The number of piperidine rings is 1. The van der Waals surface area contributed by atoms with Crippen LogP contribution < -0.4 is 5.32 Å². The standard InChI is InChI=1S/C7H11NO2/c1-5-2-3-6(7(9)10)8-4-5/h6,8H,1-4H2,(H,9,10)/t6-/m0/s1. The summed E-state index contributed by atoms with van der Waals surface area (Å²) < 4.78 is 0. The van der Waals surface area contributed by atoms with E-state index in [2.05, 4.69) is 11.9 Å². The number of aliphatic carboxylic acids is 1. The highest BCUT2D eigenvalue weighted by Crippen LogP contribution is 2.10. The summed E-state index contributed by atoms with van der Waals surface area (Å²) in [5, 5.41) is 11.4. The van der Waals surface area contributed by atoms with Gasteiger partial charge in [0, 0.05) is 6.54 Å². The fraction of sp³-hybridized carbons (Fsp3) is 0.571. The van der Waals surface area contributed by atoms with Crippen molar-refractivity contribution in [3.05, 3.63) is 12.2 Å². The SMILES string of the molecule is C=C1CC[C@@H](C(=O)O)NC1. The molecule has 1 aliphatic rings. The van der Waals surface area contributed by atoms with Crippen LogP contribution in [0.25, 0.3) is 0 Å². The Hall–Kier alpha value is -0.830. The summed E-state index contributed by atoms with van der Waals surface area (Å²) in [5.41, 5.74) is 1.09. The zero-order valence-corrected chi connectivity index (χ0v) is 5.76. The predicted octanol–water partition coefficient (Wildman–Crippen LogP) is 0.379. The minimum atomic E-state index is -0.757. The van der Waals surface area contributed by atoms with Gasteiger partial charge in [-0.3, -0.25) is 4.79 Å². The molecule has 1 saturated heterocycles. The number of hydrogen-bond donors (Lipinski definition) is 2. The lowest BCUT2D eigenvalue weighted by Gasteiger charge is -2.20. The highest BCUT2D eigenvalue weighted by atomic mass is 16.4. The van der Waals surface area contributed by atoms with Crippen LogP contribution in [0.4, 0.5) is 0 Å². The fourth-order valence-corrected chi connectivity index (χ4v) is 1.02. The summed E-state index contributed by atoms with van der Waals surface area (Å²) in [6.07, 6.45) is 1.51. The van der Waals surface area contributed by atoms with Crippen LogP contribution in [0, 0.1) is 0 Å². The van der Waals surface area contributed by atoms with Crippen molar-refractivity contribution in [1.82, 2.24) is 5.32 Å². The number of nitrogens with one attached hydrogen (secondary N) is 1. The van der Waals surface area contributed by atoms with E-state index >= 15 is 0 Å². The van der Waals surface area contributed by atoms with Crippen molar-refractivity contribution < 1.29 is 9.90 Å². The maximum Gasteiger partial charge on any atom is 0.320 e. The second kappa shape index (κ2) is 2.84. The van der Waals surface area contributed by atoms with Crippen LogP contribution in [0.3, 0.4) is 0 Å². The van der Waals surface area contributed by atoms with E-state index in [0.717, 1.165) is 12.0 Å². The van der Waals surface area contributed by atoms with Crippen molar-refractivity contribution >= 4 is 5.97 Å². The maximum absolute atomic E-state index is 10.4. The summed E-state index contributed by atoms with van der Waals surface area (Å²) in [4.78, 5) is 10.4. The van der Waals surface area contributed by atoms with Gasteiger partial charge in [0.25, 0.3) is 0 Å². The number of carboxylic acid groups (broad SMARTS) is 1. The number of carbonyl (C=O) groups is 1. The van der Waals surface area contributed by atoms with Gasteiger partial charge in [-0.05, 0) is 12.8 Å². The first-order chi connectivity index (χ1) is 4.70. The Balaban J connectivity index is 2.40. The molecule has 1 aliphatic heterocycles. The third kappa shape index (κ3) is 1.57. The molecule has 0 bridgehead atoms. The van der Waals surface area contributed by atoms with Gasteiger partial charge in [0.2, 0.25) is 0 Å². The predicted molar refractivity (Wildman–Crippen MR) is 37.8 cm³/mol. The van der Waals surface area contributed by atoms with Gasteiger partial charge in [0.15, 0.2) is 0 Å². The van der Waals surface area contributed by atoms with E-state index in [1.807, 2.05) is 0 Å². The molecule has 0 radical (unpaired) electrons. The molecule has 1 fully saturated rings. The van der Waals surface area contributed by atoms with Gasteiger partial charge in [-0.15, -0.1) is 0 Å². The highest BCUT2D eigenvalue weighted by Gasteiger charge is 2.20. The topological polar surface area (TPSA) is 49.3 Å². The van der Waals surface area contributed by atoms with Crippen LogP contribution in [0.5, 0.6) is 0 Å². The van der Waals surface area contributed by atoms with E-state index in [0.29, 0.717) is 13.0 Å². The van der Waals surface area contributed by atoms with Crippen molar-refractivity contribution in [3.8, 4) is 0 Å². The molecule has 10 heavy (non-hydrogen) atoms. The van der Waals surface area contributed by atoms with Gasteiger partial charge in [0.05, 0.1) is 0 Å². The maximum atomic E-state index is 10.4. The zero-order chi connectivity index (χ0) is 7.56. The normalized spacial score (nSPS) is 26.4. The van der Waals surface area contributed by atoms with Gasteiger partial charge < -0.3 is 10.4 Å². The first-order valence-corrected chi connectivity index (χ1v) is 3.33. The van der Waals surface area contributed by atoms with Crippen LogP contribution in [0.15, 0.2) is 12.2 Å². The van der Waals surface area contributed by atoms with E-state index in [-0.39, 0.29) is 6.04 Å². The van der Waals surface area contributed by atoms with E-state index < -0.39 is 5.97 Å². The minimum absolute atomic E-state index is 0.356. The minimum Gasteiger partial charge on any atom is -0.480 e. The van der Waals surface area contributed by atoms with Crippen molar-refractivity contribution in [2.75, 3.05) is 6.54 Å². The second-order valence-corrected chi connectivity index (χ2v) is 2.56. The Morgan fingerprint density at radius 3 is 2.90 bits per heavy atom. The lowest BCUT2D eigenvalue weighted by atomic mass is 10.0. The molecule has 1 atom stereocenters. The average molecular weight is 141 g/mol. The van der Waals surface area contributed by atoms with Crippen LogP contribution in [-0.2, 0) is 4.79 Å². The molecular formula is C7H11NO2. The van der Waals surface area contributed by atoms with E-state index in [1.165, 1.54) is 0 Å². The first-order valence-electron chi connectivity index (χ1n) is 3.33. The quantitative estimate of drug-likeness (QED) is 0.519. The Bertz CT molecular complexity index is 155. The van der Waals surface area contributed by atoms with Crippen LogP contribution in [0.1, 0.15) is 12.8 Å². The van der Waals surface area contributed by atoms with Crippen molar-refractivity contribution in [1.29, 1.82) is 0 Å². The summed E-state index contributed by atoms with van der Waals surface area (Å²) in [7, 11) is 0. The molecule has 1 heterocycles. The number of hydrogen-bond acceptors (Lipinski definition) is 2. The fourth-order valence-electron chi connectivity index (χ4n) is 1.02. The van der Waals surface area contributed by atoms with Crippen molar-refractivity contribution in [2.45, 2.75) is 18.9 Å². The Kier molecular flexibility index (Phi) is 2.06. The third-order valence-electron chi connectivity index (χ3n) is 1.68. The molecule has 0 aromatic heterocycles. The van der Waals surface area contributed by atoms with Crippen LogP contribution in [-0.4, -0.2) is 23.7 Å². The molecule has 0 saturated carbocycles. The summed E-state index contributed by atoms with van der Waals surface area (Å²) in [6.45, 7) is 4.40. The molecule has 0 aromatic carbocycles. The second-order valence-electron chi connectivity index (χ2n) is 2.56. The molecule has 0 aliphatic carbocycles. The first kappa shape index (κ1) is 7.28. The third-order valence-corrected chi connectivity index (χ3v) is 1.68. The van der Waals surface area contributed by atoms with Crippen molar-refractivity contribution in [2.24, 2.45) is 0 Å². The molecule has 1 rings (SSSR count). The van der Waals surface area contributed by atoms with Gasteiger partial charge in [-0.25, -0.2) is 0 Å². The Morgan fingerprint density at radius 2 is 2.50 bits per heavy atom. The lowest BCUT2D eigenvalue weighted by Crippen LogP contribution is -2.40. The van der Waals surface area contributed by atoms with E-state index in [4.69, 9.17) is 5.11 Å². The van der Waals surface area contributed by atoms with Crippen molar-refractivity contribution in [3.63, 3.8) is 0 Å². The molecule has 0 amide bonds. The highest BCUT2D eigenvalue weighted by molar-refractivity contribution is 5.73. The van der Waals surface area contributed by atoms with Gasteiger partial charge in [-0.1, -0.05) is 12.2 Å². The monoisotopic (exact) mass is 141 g/mol. The summed E-state index contributed by atoms with van der Waals surface area (Å²) in [5.74, 6) is -0.757.